The quantitative estimate of drug-likeness (QED) is 0.326. The monoisotopic (exact) mass is 669 g/mol. The van der Waals surface area contributed by atoms with Crippen molar-refractivity contribution in [2.45, 2.75) is 45.1 Å². The second-order valence-electron chi connectivity index (χ2n) is 11.3. The van der Waals surface area contributed by atoms with Crippen molar-refractivity contribution in [2.75, 3.05) is 26.2 Å². The maximum absolute atomic E-state index is 13.6. The standard InChI is InChI=1S/C29H28Cl2F3N5O4S/c1-28(2,3)43-27(42)38-9-8-37(14-19(38)15-40)26-35-25(41)23(44-26)11-16-4-7-22-20(10-16)24(31)36-39(22)13-17-5-6-18(30)12-21(17)29(32,33)34/h4-7,10-12,19,40H,8-9,13-15H2,1-3H3/t19-/m1/s1. The normalized spacial score (nSPS) is 18.8. The first kappa shape index (κ1) is 32.1. The molecule has 5 rings (SSSR count). The Morgan fingerprint density at radius 1 is 1.16 bits per heavy atom. The van der Waals surface area contributed by atoms with Crippen LogP contribution >= 0.6 is 35.0 Å². The summed E-state index contributed by atoms with van der Waals surface area (Å²) in [5.74, 6) is -0.440. The predicted molar refractivity (Wildman–Crippen MR) is 164 cm³/mol. The van der Waals surface area contributed by atoms with E-state index in [1.54, 1.807) is 45.0 Å². The van der Waals surface area contributed by atoms with Gasteiger partial charge in [0, 0.05) is 30.0 Å². The molecule has 1 aromatic heterocycles. The number of hydrogen-bond acceptors (Lipinski definition) is 7. The number of hydrogen-bond donors (Lipinski definition) is 1. The number of aliphatic hydroxyl groups is 1. The Morgan fingerprint density at radius 3 is 2.59 bits per heavy atom. The number of carbonyl (C=O) groups excluding carboxylic acids is 2. The number of piperazine rings is 1. The van der Waals surface area contributed by atoms with Crippen LogP contribution in [0, 0.1) is 0 Å². The minimum atomic E-state index is -4.59. The zero-order valence-corrected chi connectivity index (χ0v) is 26.2. The third-order valence-electron chi connectivity index (χ3n) is 6.93. The number of nitrogens with zero attached hydrogens (tertiary/aromatic N) is 5. The highest BCUT2D eigenvalue weighted by molar-refractivity contribution is 8.18. The lowest BCUT2D eigenvalue weighted by Crippen LogP contribution is -2.58. The third kappa shape index (κ3) is 7.01. The van der Waals surface area contributed by atoms with Gasteiger partial charge in [-0.15, -0.1) is 0 Å². The van der Waals surface area contributed by atoms with Gasteiger partial charge in [-0.1, -0.05) is 35.3 Å². The highest BCUT2D eigenvalue weighted by Gasteiger charge is 2.37. The van der Waals surface area contributed by atoms with Gasteiger partial charge in [0.05, 0.1) is 35.2 Å². The summed E-state index contributed by atoms with van der Waals surface area (Å²) in [6.45, 7) is 5.79. The van der Waals surface area contributed by atoms with E-state index < -0.39 is 35.4 Å². The molecule has 9 nitrogen and oxygen atoms in total. The van der Waals surface area contributed by atoms with Crippen LogP contribution in [0.3, 0.4) is 0 Å². The fourth-order valence-corrected chi connectivity index (χ4v) is 6.27. The fourth-order valence-electron chi connectivity index (χ4n) is 4.91. The first-order valence-electron chi connectivity index (χ1n) is 13.5. The zero-order chi connectivity index (χ0) is 32.0. The molecule has 0 spiro atoms. The van der Waals surface area contributed by atoms with Crippen LogP contribution in [0.25, 0.3) is 17.0 Å². The van der Waals surface area contributed by atoms with Crippen molar-refractivity contribution in [1.82, 2.24) is 19.6 Å². The van der Waals surface area contributed by atoms with Crippen LogP contribution < -0.4 is 0 Å². The lowest BCUT2D eigenvalue weighted by molar-refractivity contribution is -0.138. The van der Waals surface area contributed by atoms with Crippen LogP contribution in [0.2, 0.25) is 10.2 Å². The fraction of sp³-hybridized carbons (Fsp3) is 0.379. The first-order valence-corrected chi connectivity index (χ1v) is 15.1. The summed E-state index contributed by atoms with van der Waals surface area (Å²) in [5, 5.41) is 15.2. The number of halogens is 5. The largest absolute Gasteiger partial charge is 0.444 e. The maximum atomic E-state index is 13.6. The number of amidine groups is 1. The minimum Gasteiger partial charge on any atom is -0.444 e. The van der Waals surface area contributed by atoms with Gasteiger partial charge in [-0.25, -0.2) is 4.79 Å². The molecule has 44 heavy (non-hydrogen) atoms. The van der Waals surface area contributed by atoms with Crippen LogP contribution in [-0.4, -0.2) is 79.7 Å². The molecule has 1 saturated heterocycles. The molecule has 15 heteroatoms. The van der Waals surface area contributed by atoms with E-state index in [0.29, 0.717) is 33.1 Å². The van der Waals surface area contributed by atoms with Crippen molar-refractivity contribution in [3.63, 3.8) is 0 Å². The van der Waals surface area contributed by atoms with Gasteiger partial charge in [0.2, 0.25) is 0 Å². The van der Waals surface area contributed by atoms with Crippen LogP contribution in [-0.2, 0) is 22.3 Å². The molecule has 1 fully saturated rings. The van der Waals surface area contributed by atoms with Gasteiger partial charge in [0.1, 0.15) is 5.60 Å². The van der Waals surface area contributed by atoms with E-state index in [1.165, 1.54) is 33.5 Å². The number of aliphatic imine (C=N–C) groups is 1. The molecule has 0 saturated carbocycles. The van der Waals surface area contributed by atoms with Crippen molar-refractivity contribution >= 4 is 69.1 Å². The number of rotatable bonds is 4. The molecule has 0 unspecified atom stereocenters. The number of aromatic nitrogens is 2. The highest BCUT2D eigenvalue weighted by atomic mass is 35.5. The summed E-state index contributed by atoms with van der Waals surface area (Å²) in [5.41, 5.74) is -0.403. The Hall–Kier alpha value is -3.26. The van der Waals surface area contributed by atoms with E-state index in [2.05, 4.69) is 10.1 Å². The molecule has 1 N–H and O–H groups in total. The van der Waals surface area contributed by atoms with Crippen LogP contribution in [0.1, 0.15) is 37.5 Å². The number of carbonyl (C=O) groups is 2. The van der Waals surface area contributed by atoms with Gasteiger partial charge >= 0.3 is 12.3 Å². The molecule has 2 aliphatic heterocycles. The number of benzene rings is 2. The Bertz CT molecular complexity index is 1690. The number of aliphatic hydroxyl groups excluding tert-OH is 1. The first-order chi connectivity index (χ1) is 20.6. The number of fused-ring (bicyclic) bond motifs is 1. The van der Waals surface area contributed by atoms with Crippen molar-refractivity contribution in [3.8, 4) is 0 Å². The lowest BCUT2D eigenvalue weighted by Gasteiger charge is -2.41. The Kier molecular flexibility index (Phi) is 8.96. The van der Waals surface area contributed by atoms with E-state index in [1.807, 2.05) is 4.90 Å². The SMILES string of the molecule is CC(C)(C)OC(=O)N1CCN(C2=NC(=O)C(=Cc3ccc4c(c3)c(Cl)nn4Cc3ccc(Cl)cc3C(F)(F)F)S2)C[C@@H]1CO. The molecule has 3 aromatic rings. The van der Waals surface area contributed by atoms with E-state index in [-0.39, 0.29) is 42.0 Å². The van der Waals surface area contributed by atoms with E-state index in [0.717, 1.165) is 6.07 Å². The third-order valence-corrected chi connectivity index (χ3v) is 8.48. The van der Waals surface area contributed by atoms with E-state index in [9.17, 15) is 27.9 Å². The van der Waals surface area contributed by atoms with Gasteiger partial charge in [0.15, 0.2) is 10.3 Å². The Morgan fingerprint density at radius 2 is 1.91 bits per heavy atom. The lowest BCUT2D eigenvalue weighted by atomic mass is 10.1. The summed E-state index contributed by atoms with van der Waals surface area (Å²) < 4.78 is 47.7. The van der Waals surface area contributed by atoms with Gasteiger partial charge in [-0.2, -0.15) is 23.3 Å². The molecule has 0 radical (unpaired) electrons. The summed E-state index contributed by atoms with van der Waals surface area (Å²) >= 11 is 13.4. The zero-order valence-electron chi connectivity index (χ0n) is 23.9. The second kappa shape index (κ2) is 12.3. The van der Waals surface area contributed by atoms with Gasteiger partial charge in [-0.3, -0.25) is 14.4 Å². The number of ether oxygens (including phenoxy) is 1. The van der Waals surface area contributed by atoms with Crippen LogP contribution in [0.4, 0.5) is 18.0 Å². The highest BCUT2D eigenvalue weighted by Crippen LogP contribution is 2.36. The molecular weight excluding hydrogens is 642 g/mol. The molecule has 2 aliphatic rings. The van der Waals surface area contributed by atoms with Crippen molar-refractivity contribution in [1.29, 1.82) is 0 Å². The average Bonchev–Trinajstić information content (AvgIpc) is 3.46. The maximum Gasteiger partial charge on any atom is 0.416 e. The van der Waals surface area contributed by atoms with Crippen molar-refractivity contribution < 1.29 is 32.6 Å². The van der Waals surface area contributed by atoms with Gasteiger partial charge in [0.25, 0.3) is 5.91 Å². The van der Waals surface area contributed by atoms with E-state index in [4.69, 9.17) is 27.9 Å². The smallest absolute Gasteiger partial charge is 0.416 e. The average molecular weight is 671 g/mol. The topological polar surface area (TPSA) is 100 Å². The van der Waals surface area contributed by atoms with Gasteiger partial charge < -0.3 is 14.7 Å². The molecule has 1 atom stereocenters. The summed E-state index contributed by atoms with van der Waals surface area (Å²) in [4.78, 5) is 33.3. The predicted octanol–water partition coefficient (Wildman–Crippen LogP) is 6.29. The number of alkyl halides is 3. The molecule has 2 amide bonds. The van der Waals surface area contributed by atoms with Gasteiger partial charge in [-0.05, 0) is 74.0 Å². The molecule has 3 heterocycles. The number of amides is 2. The van der Waals surface area contributed by atoms with Crippen molar-refractivity contribution in [2.24, 2.45) is 4.99 Å². The van der Waals surface area contributed by atoms with Crippen LogP contribution in [0.5, 0.6) is 0 Å². The minimum absolute atomic E-state index is 0.0119. The Balaban J connectivity index is 1.31. The second-order valence-corrected chi connectivity index (χ2v) is 13.1. The van der Waals surface area contributed by atoms with E-state index >= 15 is 0 Å². The van der Waals surface area contributed by atoms with Crippen molar-refractivity contribution in [3.05, 3.63) is 68.2 Å². The molecule has 0 aliphatic carbocycles. The summed E-state index contributed by atoms with van der Waals surface area (Å²) in [6, 6.07) is 8.14. The molecule has 2 aromatic carbocycles. The van der Waals surface area contributed by atoms with Crippen LogP contribution in [0.15, 0.2) is 46.3 Å². The molecular formula is C29H28Cl2F3N5O4S. The summed E-state index contributed by atoms with van der Waals surface area (Å²) in [6.07, 6.45) is -3.46. The summed E-state index contributed by atoms with van der Waals surface area (Å²) in [7, 11) is 0. The molecule has 0 bridgehead atoms. The number of thioether (sulfide) groups is 1. The Labute approximate surface area is 265 Å². The molecule has 234 valence electrons.